The summed E-state index contributed by atoms with van der Waals surface area (Å²) in [7, 11) is 0. The van der Waals surface area contributed by atoms with Gasteiger partial charge in [-0.25, -0.2) is 10.8 Å². The number of nitrogen functional groups attached to an aromatic ring is 1. The van der Waals surface area contributed by atoms with E-state index in [1.165, 1.54) is 0 Å². The van der Waals surface area contributed by atoms with Gasteiger partial charge in [-0.15, -0.1) is 0 Å². The van der Waals surface area contributed by atoms with E-state index in [0.29, 0.717) is 19.0 Å². The molecular formula is C13H14BrN3O. The van der Waals surface area contributed by atoms with Crippen molar-refractivity contribution in [3.05, 3.63) is 58.2 Å². The summed E-state index contributed by atoms with van der Waals surface area (Å²) in [4.78, 5) is 4.04. The predicted molar refractivity (Wildman–Crippen MR) is 74.7 cm³/mol. The zero-order valence-corrected chi connectivity index (χ0v) is 11.4. The highest BCUT2D eigenvalue weighted by atomic mass is 79.9. The standard InChI is InChI=1S/C13H14BrN3O/c14-12-4-2-1-3-11(12)9-18-8-10-5-6-16-13(7-10)17-15/h1-7H,8-9,15H2,(H,16,17). The lowest BCUT2D eigenvalue weighted by Crippen LogP contribution is -2.08. The maximum atomic E-state index is 5.66. The van der Waals surface area contributed by atoms with Crippen LogP contribution in [0.15, 0.2) is 47.1 Å². The molecule has 0 spiro atoms. The number of pyridine rings is 1. The van der Waals surface area contributed by atoms with Crippen molar-refractivity contribution < 1.29 is 4.74 Å². The number of nitrogens with two attached hydrogens (primary N) is 1. The minimum Gasteiger partial charge on any atom is -0.372 e. The van der Waals surface area contributed by atoms with Gasteiger partial charge in [0.05, 0.1) is 13.2 Å². The van der Waals surface area contributed by atoms with Crippen LogP contribution in [0.25, 0.3) is 0 Å². The minimum atomic E-state index is 0.526. The zero-order valence-electron chi connectivity index (χ0n) is 9.77. The highest BCUT2D eigenvalue weighted by Gasteiger charge is 2.00. The Morgan fingerprint density at radius 3 is 2.83 bits per heavy atom. The summed E-state index contributed by atoms with van der Waals surface area (Å²) < 4.78 is 6.72. The van der Waals surface area contributed by atoms with Gasteiger partial charge in [-0.1, -0.05) is 34.1 Å². The fourth-order valence-corrected chi connectivity index (χ4v) is 1.94. The van der Waals surface area contributed by atoms with Gasteiger partial charge in [-0.05, 0) is 29.3 Å². The molecule has 1 aromatic carbocycles. The third-order valence-corrected chi connectivity index (χ3v) is 3.23. The number of anilines is 1. The maximum Gasteiger partial charge on any atom is 0.140 e. The maximum absolute atomic E-state index is 5.66. The van der Waals surface area contributed by atoms with Crippen LogP contribution in [-0.4, -0.2) is 4.98 Å². The first kappa shape index (κ1) is 13.0. The molecule has 4 nitrogen and oxygen atoms in total. The van der Waals surface area contributed by atoms with Gasteiger partial charge in [0.15, 0.2) is 0 Å². The number of benzene rings is 1. The van der Waals surface area contributed by atoms with Crippen molar-refractivity contribution in [2.75, 3.05) is 5.43 Å². The average molecular weight is 308 g/mol. The topological polar surface area (TPSA) is 60.2 Å². The molecule has 18 heavy (non-hydrogen) atoms. The van der Waals surface area contributed by atoms with E-state index in [-0.39, 0.29) is 0 Å². The largest absolute Gasteiger partial charge is 0.372 e. The first-order valence-electron chi connectivity index (χ1n) is 5.52. The van der Waals surface area contributed by atoms with Crippen molar-refractivity contribution in [3.63, 3.8) is 0 Å². The van der Waals surface area contributed by atoms with Gasteiger partial charge in [0, 0.05) is 10.7 Å². The molecule has 0 atom stereocenters. The van der Waals surface area contributed by atoms with Crippen LogP contribution < -0.4 is 11.3 Å². The van der Waals surface area contributed by atoms with Crippen LogP contribution in [0.1, 0.15) is 11.1 Å². The molecule has 0 unspecified atom stereocenters. The van der Waals surface area contributed by atoms with E-state index in [0.717, 1.165) is 15.6 Å². The van der Waals surface area contributed by atoms with Gasteiger partial charge < -0.3 is 10.2 Å². The van der Waals surface area contributed by atoms with Crippen LogP contribution in [0, 0.1) is 0 Å². The van der Waals surface area contributed by atoms with Gasteiger partial charge in [-0.2, -0.15) is 0 Å². The smallest absolute Gasteiger partial charge is 0.140 e. The molecule has 0 fully saturated rings. The molecule has 0 radical (unpaired) electrons. The molecule has 0 amide bonds. The molecule has 0 bridgehead atoms. The first-order valence-corrected chi connectivity index (χ1v) is 6.31. The van der Waals surface area contributed by atoms with E-state index in [4.69, 9.17) is 10.6 Å². The van der Waals surface area contributed by atoms with Gasteiger partial charge in [0.1, 0.15) is 5.82 Å². The molecular weight excluding hydrogens is 294 g/mol. The van der Waals surface area contributed by atoms with Crippen LogP contribution in [0.2, 0.25) is 0 Å². The summed E-state index contributed by atoms with van der Waals surface area (Å²) in [6.45, 7) is 1.09. The Labute approximate surface area is 114 Å². The average Bonchev–Trinajstić information content (AvgIpc) is 2.41. The normalized spacial score (nSPS) is 10.3. The third-order valence-electron chi connectivity index (χ3n) is 2.46. The molecule has 0 aliphatic rings. The lowest BCUT2D eigenvalue weighted by atomic mass is 10.2. The van der Waals surface area contributed by atoms with E-state index in [1.54, 1.807) is 6.20 Å². The first-order chi connectivity index (χ1) is 8.79. The minimum absolute atomic E-state index is 0.526. The molecule has 2 rings (SSSR count). The van der Waals surface area contributed by atoms with E-state index in [9.17, 15) is 0 Å². The number of halogens is 1. The molecule has 0 saturated heterocycles. The van der Waals surface area contributed by atoms with Crippen LogP contribution >= 0.6 is 15.9 Å². The second-order valence-electron chi connectivity index (χ2n) is 3.78. The highest BCUT2D eigenvalue weighted by Crippen LogP contribution is 2.17. The summed E-state index contributed by atoms with van der Waals surface area (Å²) in [5, 5.41) is 0. The Balaban J connectivity index is 1.90. The summed E-state index contributed by atoms with van der Waals surface area (Å²) in [5.74, 6) is 5.93. The van der Waals surface area contributed by atoms with Crippen molar-refractivity contribution in [2.45, 2.75) is 13.2 Å². The molecule has 3 N–H and O–H groups in total. The molecule has 1 aromatic heterocycles. The van der Waals surface area contributed by atoms with E-state index < -0.39 is 0 Å². The lowest BCUT2D eigenvalue weighted by Gasteiger charge is -2.07. The number of rotatable bonds is 5. The van der Waals surface area contributed by atoms with Crippen LogP contribution in [0.4, 0.5) is 5.82 Å². The van der Waals surface area contributed by atoms with E-state index >= 15 is 0 Å². The fraction of sp³-hybridized carbons (Fsp3) is 0.154. The lowest BCUT2D eigenvalue weighted by molar-refractivity contribution is 0.107. The molecule has 0 saturated carbocycles. The van der Waals surface area contributed by atoms with E-state index in [2.05, 4.69) is 26.3 Å². The van der Waals surface area contributed by atoms with Gasteiger partial charge in [0.2, 0.25) is 0 Å². The van der Waals surface area contributed by atoms with E-state index in [1.807, 2.05) is 36.4 Å². The number of ether oxygens (including phenoxy) is 1. The molecule has 0 aliphatic carbocycles. The highest BCUT2D eigenvalue weighted by molar-refractivity contribution is 9.10. The summed E-state index contributed by atoms with van der Waals surface area (Å²) in [5.41, 5.74) is 4.67. The predicted octanol–water partition coefficient (Wildman–Crippen LogP) is 2.85. The number of nitrogens with one attached hydrogen (secondary N) is 1. The van der Waals surface area contributed by atoms with Crippen molar-refractivity contribution in [3.8, 4) is 0 Å². The Morgan fingerprint density at radius 1 is 1.22 bits per heavy atom. The molecule has 94 valence electrons. The third kappa shape index (κ3) is 3.53. The number of hydrogen-bond acceptors (Lipinski definition) is 4. The SMILES string of the molecule is NNc1cc(COCc2ccccc2Br)ccn1. The second-order valence-corrected chi connectivity index (χ2v) is 4.63. The molecule has 1 heterocycles. The van der Waals surface area contributed by atoms with Crippen molar-refractivity contribution >= 4 is 21.7 Å². The number of nitrogens with zero attached hydrogens (tertiary/aromatic N) is 1. The Bertz CT molecular complexity index is 519. The zero-order chi connectivity index (χ0) is 12.8. The number of hydrogen-bond donors (Lipinski definition) is 2. The van der Waals surface area contributed by atoms with Crippen LogP contribution in [0.3, 0.4) is 0 Å². The molecule has 0 aliphatic heterocycles. The van der Waals surface area contributed by atoms with Crippen molar-refractivity contribution in [1.82, 2.24) is 4.98 Å². The van der Waals surface area contributed by atoms with Gasteiger partial charge in [-0.3, -0.25) is 0 Å². The second kappa shape index (κ2) is 6.49. The Hall–Kier alpha value is -1.43. The summed E-state index contributed by atoms with van der Waals surface area (Å²) >= 11 is 3.49. The molecule has 5 heteroatoms. The Kier molecular flexibility index (Phi) is 4.69. The molecule has 2 aromatic rings. The van der Waals surface area contributed by atoms with Crippen molar-refractivity contribution in [2.24, 2.45) is 5.84 Å². The van der Waals surface area contributed by atoms with Crippen LogP contribution in [0.5, 0.6) is 0 Å². The van der Waals surface area contributed by atoms with Crippen molar-refractivity contribution in [1.29, 1.82) is 0 Å². The van der Waals surface area contributed by atoms with Crippen LogP contribution in [-0.2, 0) is 18.0 Å². The monoisotopic (exact) mass is 307 g/mol. The van der Waals surface area contributed by atoms with Gasteiger partial charge >= 0.3 is 0 Å². The number of aromatic nitrogens is 1. The summed E-state index contributed by atoms with van der Waals surface area (Å²) in [6.07, 6.45) is 1.70. The quantitative estimate of drug-likeness (QED) is 0.659. The number of hydrazine groups is 1. The summed E-state index contributed by atoms with van der Waals surface area (Å²) in [6, 6.07) is 11.8. The fourth-order valence-electron chi connectivity index (χ4n) is 1.54. The Morgan fingerprint density at radius 2 is 2.06 bits per heavy atom. The van der Waals surface area contributed by atoms with Gasteiger partial charge in [0.25, 0.3) is 0 Å².